The largest absolute Gasteiger partial charge is 0.492 e. The Bertz CT molecular complexity index is 1040. The number of hydrogen-bond acceptors (Lipinski definition) is 4. The molecule has 32 heavy (non-hydrogen) atoms. The zero-order chi connectivity index (χ0) is 22.9. The van der Waals surface area contributed by atoms with Crippen LogP contribution in [-0.4, -0.2) is 41.8 Å². The fourth-order valence-corrected chi connectivity index (χ4v) is 3.80. The van der Waals surface area contributed by atoms with Gasteiger partial charge in [0.05, 0.1) is 24.8 Å². The summed E-state index contributed by atoms with van der Waals surface area (Å²) in [6, 6.07) is 7.15. The van der Waals surface area contributed by atoms with Crippen LogP contribution in [0.1, 0.15) is 29.2 Å². The van der Waals surface area contributed by atoms with Crippen LogP contribution in [0.4, 0.5) is 34.1 Å². The van der Waals surface area contributed by atoms with Crippen LogP contribution < -0.4 is 20.7 Å². The lowest BCUT2D eigenvalue weighted by atomic mass is 9.97. The molecule has 2 aliphatic heterocycles. The Labute approximate surface area is 181 Å². The summed E-state index contributed by atoms with van der Waals surface area (Å²) in [6.45, 7) is 0.424. The number of halogens is 3. The molecule has 0 aliphatic carbocycles. The number of hydrogen-bond donors (Lipinski definition) is 4. The van der Waals surface area contributed by atoms with Gasteiger partial charge < -0.3 is 30.7 Å². The Hall–Kier alpha value is -3.47. The third-order valence-corrected chi connectivity index (χ3v) is 5.31. The first-order valence-electron chi connectivity index (χ1n) is 9.96. The Morgan fingerprint density at radius 2 is 2.09 bits per heavy atom. The van der Waals surface area contributed by atoms with Gasteiger partial charge in [-0.2, -0.15) is 13.2 Å². The maximum absolute atomic E-state index is 13.3. The zero-order valence-electron chi connectivity index (χ0n) is 16.8. The highest BCUT2D eigenvalue weighted by atomic mass is 19.4. The van der Waals surface area contributed by atoms with Crippen LogP contribution in [0.5, 0.6) is 5.75 Å². The molecule has 4 rings (SSSR count). The number of aliphatic hydroxyl groups is 1. The van der Waals surface area contributed by atoms with Crippen molar-refractivity contribution in [3.05, 3.63) is 53.1 Å². The van der Waals surface area contributed by atoms with Gasteiger partial charge in [0.25, 0.3) is 0 Å². The molecule has 0 fully saturated rings. The summed E-state index contributed by atoms with van der Waals surface area (Å²) in [4.78, 5) is 26.1. The first-order chi connectivity index (χ1) is 15.3. The summed E-state index contributed by atoms with van der Waals surface area (Å²) < 4.78 is 45.0. The topological polar surface area (TPSA) is 103 Å². The molecular weight excluding hydrogens is 429 g/mol. The van der Waals surface area contributed by atoms with Crippen molar-refractivity contribution in [2.45, 2.75) is 25.2 Å². The molecule has 0 saturated heterocycles. The van der Waals surface area contributed by atoms with E-state index in [0.29, 0.717) is 24.3 Å². The summed E-state index contributed by atoms with van der Waals surface area (Å²) in [5, 5.41) is 17.1. The van der Waals surface area contributed by atoms with Crippen molar-refractivity contribution >= 4 is 23.4 Å². The van der Waals surface area contributed by atoms with Gasteiger partial charge in [-0.05, 0) is 23.8 Å². The molecule has 0 bridgehead atoms. The van der Waals surface area contributed by atoms with Crippen molar-refractivity contribution in [1.82, 2.24) is 10.2 Å². The van der Waals surface area contributed by atoms with Crippen molar-refractivity contribution in [2.24, 2.45) is 0 Å². The Kier molecular flexibility index (Phi) is 5.83. The highest BCUT2D eigenvalue weighted by Gasteiger charge is 2.38. The van der Waals surface area contributed by atoms with Gasteiger partial charge in [0, 0.05) is 36.4 Å². The van der Waals surface area contributed by atoms with E-state index in [0.717, 1.165) is 11.6 Å². The molecule has 0 spiro atoms. The summed E-state index contributed by atoms with van der Waals surface area (Å²) in [7, 11) is 0. The van der Waals surface area contributed by atoms with Gasteiger partial charge in [0.2, 0.25) is 0 Å². The number of para-hydroxylation sites is 1. The summed E-state index contributed by atoms with van der Waals surface area (Å²) >= 11 is 0. The summed E-state index contributed by atoms with van der Waals surface area (Å²) in [5.74, 6) is -0.263. The van der Waals surface area contributed by atoms with Gasteiger partial charge in [0.15, 0.2) is 0 Å². The number of carbonyl (C=O) groups excluding carboxylic acids is 2. The maximum Gasteiger partial charge on any atom is 0.419 e. The molecular formula is C21H21F3N4O4. The number of amides is 4. The smallest absolute Gasteiger partial charge is 0.419 e. The molecule has 2 aliphatic rings. The molecule has 0 unspecified atom stereocenters. The van der Waals surface area contributed by atoms with Gasteiger partial charge in [-0.1, -0.05) is 18.2 Å². The van der Waals surface area contributed by atoms with Crippen molar-refractivity contribution < 1.29 is 32.6 Å². The first-order valence-corrected chi connectivity index (χ1v) is 9.96. The quantitative estimate of drug-likeness (QED) is 0.571. The molecule has 2 aromatic rings. The summed E-state index contributed by atoms with van der Waals surface area (Å²) in [6.07, 6.45) is -4.24. The predicted octanol–water partition coefficient (Wildman–Crippen LogP) is 3.69. The molecule has 2 aromatic carbocycles. The zero-order valence-corrected chi connectivity index (χ0v) is 16.8. The number of nitrogens with one attached hydrogen (secondary N) is 3. The number of urea groups is 2. The van der Waals surface area contributed by atoms with Crippen LogP contribution in [0.15, 0.2) is 36.4 Å². The van der Waals surface area contributed by atoms with Crippen molar-refractivity contribution in [3.63, 3.8) is 0 Å². The number of alkyl halides is 3. The molecule has 4 N–H and O–H groups in total. The molecule has 170 valence electrons. The van der Waals surface area contributed by atoms with E-state index >= 15 is 0 Å². The Morgan fingerprint density at radius 1 is 1.28 bits per heavy atom. The molecule has 4 amide bonds. The minimum absolute atomic E-state index is 0.0419. The number of benzene rings is 2. The molecule has 0 saturated carbocycles. The molecule has 1 atom stereocenters. The van der Waals surface area contributed by atoms with Crippen LogP contribution in [0.2, 0.25) is 0 Å². The molecule has 2 heterocycles. The third kappa shape index (κ3) is 4.42. The first kappa shape index (κ1) is 21.8. The van der Waals surface area contributed by atoms with E-state index in [1.807, 2.05) is 0 Å². The van der Waals surface area contributed by atoms with E-state index in [4.69, 9.17) is 9.84 Å². The van der Waals surface area contributed by atoms with E-state index in [2.05, 4.69) is 16.0 Å². The lowest BCUT2D eigenvalue weighted by molar-refractivity contribution is -0.139. The Morgan fingerprint density at radius 3 is 2.84 bits per heavy atom. The Balaban J connectivity index is 1.46. The number of aliphatic hydroxyl groups excluding tert-OH is 1. The number of rotatable bonds is 4. The van der Waals surface area contributed by atoms with Gasteiger partial charge >= 0.3 is 18.2 Å². The van der Waals surface area contributed by atoms with Crippen LogP contribution in [0, 0.1) is 0 Å². The van der Waals surface area contributed by atoms with Gasteiger partial charge in [-0.15, -0.1) is 0 Å². The number of fused-ring (bicyclic) bond motifs is 2. The van der Waals surface area contributed by atoms with Gasteiger partial charge in [-0.3, -0.25) is 0 Å². The van der Waals surface area contributed by atoms with Crippen LogP contribution in [0.3, 0.4) is 0 Å². The molecule has 0 aromatic heterocycles. The number of ether oxygens (including phenoxy) is 1. The third-order valence-electron chi connectivity index (χ3n) is 5.31. The van der Waals surface area contributed by atoms with Crippen molar-refractivity contribution in [2.75, 3.05) is 30.4 Å². The molecule has 8 nitrogen and oxygen atoms in total. The van der Waals surface area contributed by atoms with E-state index < -0.39 is 23.8 Å². The number of β-amino-alcohol motifs (C(OH)–C–C–N with tert-alkyl or cyclic N) is 1. The average Bonchev–Trinajstić information content (AvgIpc) is 2.73. The molecule has 11 heteroatoms. The van der Waals surface area contributed by atoms with Gasteiger partial charge in [-0.25, -0.2) is 9.59 Å². The standard InChI is InChI=1S/C21H21F3N4O4/c22-21(23,24)15-3-1-2-14-16(6-9-32-18(14)15)26-19(30)25-13-5-4-12-11-28(7-8-29)20(31)27-17(12)10-13/h1-5,10,16,29H,6-9,11H2,(H,27,31)(H2,25,26,30)/t16-/m1/s1. The maximum atomic E-state index is 13.3. The lowest BCUT2D eigenvalue weighted by Crippen LogP contribution is -2.40. The van der Waals surface area contributed by atoms with Gasteiger partial charge in [0.1, 0.15) is 5.75 Å². The van der Waals surface area contributed by atoms with Crippen LogP contribution >= 0.6 is 0 Å². The van der Waals surface area contributed by atoms with Crippen LogP contribution in [0.25, 0.3) is 0 Å². The SMILES string of the molecule is O=C(Nc1ccc2c(c1)NC(=O)N(CCO)C2)N[C@@H]1CCOc2c1cccc2C(F)(F)F. The van der Waals surface area contributed by atoms with E-state index in [-0.39, 0.29) is 37.1 Å². The number of nitrogens with zero attached hydrogens (tertiary/aromatic N) is 1. The highest BCUT2D eigenvalue weighted by molar-refractivity contribution is 5.95. The normalized spacial score (nSPS) is 17.6. The van der Waals surface area contributed by atoms with Crippen LogP contribution in [-0.2, 0) is 12.7 Å². The number of carbonyl (C=O) groups is 2. The van der Waals surface area contributed by atoms with Crippen molar-refractivity contribution in [1.29, 1.82) is 0 Å². The lowest BCUT2D eigenvalue weighted by Gasteiger charge is -2.29. The fourth-order valence-electron chi connectivity index (χ4n) is 3.80. The molecule has 0 radical (unpaired) electrons. The van der Waals surface area contributed by atoms with E-state index in [9.17, 15) is 22.8 Å². The van der Waals surface area contributed by atoms with Crippen molar-refractivity contribution in [3.8, 4) is 5.75 Å². The second-order valence-corrected chi connectivity index (χ2v) is 7.46. The highest BCUT2D eigenvalue weighted by Crippen LogP contribution is 2.42. The fraction of sp³-hybridized carbons (Fsp3) is 0.333. The minimum Gasteiger partial charge on any atom is -0.492 e. The monoisotopic (exact) mass is 450 g/mol. The van der Waals surface area contributed by atoms with E-state index in [1.54, 1.807) is 18.2 Å². The van der Waals surface area contributed by atoms with E-state index in [1.165, 1.54) is 17.0 Å². The number of anilines is 2. The summed E-state index contributed by atoms with van der Waals surface area (Å²) in [5.41, 5.74) is 1.16. The predicted molar refractivity (Wildman–Crippen MR) is 109 cm³/mol. The second kappa shape index (κ2) is 8.58. The average molecular weight is 450 g/mol. The second-order valence-electron chi connectivity index (χ2n) is 7.46. The minimum atomic E-state index is -4.56.